The molecule has 4 amide bonds. The molecule has 1 N–H and O–H groups in total. The third-order valence-electron chi connectivity index (χ3n) is 16.0. The normalized spacial score (nSPS) is 19.8. The van der Waals surface area contributed by atoms with E-state index in [2.05, 4.69) is 20.8 Å². The summed E-state index contributed by atoms with van der Waals surface area (Å²) in [5, 5.41) is 14.0. The van der Waals surface area contributed by atoms with Gasteiger partial charge in [-0.3, -0.25) is 29.0 Å². The van der Waals surface area contributed by atoms with Crippen LogP contribution in [0.25, 0.3) is 21.5 Å². The first kappa shape index (κ1) is 46.0. The number of benzene rings is 8. The van der Waals surface area contributed by atoms with Crippen molar-refractivity contribution in [3.05, 3.63) is 203 Å². The first-order valence-electron chi connectivity index (χ1n) is 25.0. The minimum Gasteiger partial charge on any atom is -0.497 e. The van der Waals surface area contributed by atoms with Crippen molar-refractivity contribution in [1.82, 2.24) is 4.90 Å². The second-order valence-corrected chi connectivity index (χ2v) is 20.3. The molecule has 0 aliphatic carbocycles. The molecule has 1 saturated heterocycles. The van der Waals surface area contributed by atoms with E-state index in [1.807, 2.05) is 170 Å². The Morgan fingerprint density at radius 3 is 1.88 bits per heavy atom. The molecule has 12 rings (SSSR count). The van der Waals surface area contributed by atoms with Crippen molar-refractivity contribution in [2.75, 3.05) is 35.0 Å². The molecule has 11 nitrogen and oxygen atoms in total. The van der Waals surface area contributed by atoms with Gasteiger partial charge in [-0.1, -0.05) is 124 Å². The molecule has 8 aromatic carbocycles. The van der Waals surface area contributed by atoms with Crippen LogP contribution in [-0.2, 0) is 38.4 Å². The van der Waals surface area contributed by atoms with E-state index in [0.717, 1.165) is 49.6 Å². The molecule has 364 valence electrons. The third kappa shape index (κ3) is 7.16. The number of aliphatic hydroxyl groups excluding tert-OH is 1. The lowest BCUT2D eigenvalue weighted by atomic mass is 9.63. The van der Waals surface area contributed by atoms with Gasteiger partial charge in [0.1, 0.15) is 5.75 Å². The lowest BCUT2D eigenvalue weighted by Crippen LogP contribution is -2.45. The Morgan fingerprint density at radius 1 is 0.685 bits per heavy atom. The van der Waals surface area contributed by atoms with Gasteiger partial charge in [0.2, 0.25) is 5.91 Å². The Kier molecular flexibility index (Phi) is 11.1. The number of aliphatic hydroxyl groups is 1. The molecule has 73 heavy (non-hydrogen) atoms. The van der Waals surface area contributed by atoms with Gasteiger partial charge in [0.25, 0.3) is 17.7 Å². The molecular formula is C62H54N4O7. The minimum absolute atomic E-state index is 0.0539. The number of hydrogen-bond acceptors (Lipinski definition) is 7. The number of rotatable bonds is 13. The van der Waals surface area contributed by atoms with Gasteiger partial charge in [-0.15, -0.1) is 0 Å². The maximum Gasteiger partial charge on any atom is 0.264 e. The first-order valence-corrected chi connectivity index (χ1v) is 25.0. The molecule has 0 aromatic heterocycles. The first-order chi connectivity index (χ1) is 35.4. The molecule has 1 spiro atoms. The Labute approximate surface area is 423 Å². The Bertz CT molecular complexity index is 3530. The van der Waals surface area contributed by atoms with Crippen molar-refractivity contribution >= 4 is 73.6 Å². The van der Waals surface area contributed by atoms with Gasteiger partial charge in [0, 0.05) is 52.6 Å². The van der Waals surface area contributed by atoms with Crippen LogP contribution in [0.15, 0.2) is 170 Å². The molecule has 0 radical (unpaired) electrons. The number of carbonyl (C=O) groups excluding carboxylic acids is 4. The van der Waals surface area contributed by atoms with Crippen molar-refractivity contribution in [2.45, 2.75) is 57.4 Å². The molecule has 4 atom stereocenters. The average molecular weight is 967 g/mol. The summed E-state index contributed by atoms with van der Waals surface area (Å²) in [5.74, 6) is -0.950. The summed E-state index contributed by atoms with van der Waals surface area (Å²) in [6, 6.07) is 54.5. The van der Waals surface area contributed by atoms with Crippen LogP contribution >= 0.6 is 0 Å². The summed E-state index contributed by atoms with van der Waals surface area (Å²) in [7, 11) is 1.63. The molecule has 0 unspecified atom stereocenters. The van der Waals surface area contributed by atoms with E-state index in [9.17, 15) is 19.5 Å². The molecular weight excluding hydrogens is 913 g/mol. The standard InChI is InChI=1S/C62H54N4O7/c1-38-57(61(2,3)43-24-29-46(72-4)30-25-43)53(35-54(68)63(32-33-67)36-39-12-6-5-7-13-39)73-62(38)49-34-45(66-52-21-11-17-42-15-9-19-48(56(42)52)59(66)70)28-31-50(49)64(60(62)71)37-40-22-26-44(27-23-40)65-51-20-10-16-41-14-8-18-47(55(41)51)58(65)69/h5-31,34,38,53,57,67H,32-33,35-37H2,1-4H3/t38-,53+,57-,62+/m1/s1. The van der Waals surface area contributed by atoms with Gasteiger partial charge in [-0.25, -0.2) is 0 Å². The monoisotopic (exact) mass is 966 g/mol. The zero-order chi connectivity index (χ0) is 50.3. The van der Waals surface area contributed by atoms with Crippen LogP contribution in [-0.4, -0.2) is 60.0 Å². The predicted octanol–water partition coefficient (Wildman–Crippen LogP) is 11.4. The third-order valence-corrected chi connectivity index (χ3v) is 16.0. The van der Waals surface area contributed by atoms with Gasteiger partial charge in [-0.2, -0.15) is 0 Å². The van der Waals surface area contributed by atoms with Crippen LogP contribution in [0.1, 0.15) is 70.2 Å². The van der Waals surface area contributed by atoms with Crippen LogP contribution in [0.5, 0.6) is 5.75 Å². The largest absolute Gasteiger partial charge is 0.497 e. The van der Waals surface area contributed by atoms with Gasteiger partial charge >= 0.3 is 0 Å². The van der Waals surface area contributed by atoms with Crippen LogP contribution < -0.4 is 19.4 Å². The number of hydrogen-bond donors (Lipinski definition) is 1. The molecule has 0 bridgehead atoms. The lowest BCUT2D eigenvalue weighted by molar-refractivity contribution is -0.150. The van der Waals surface area contributed by atoms with Gasteiger partial charge in [-0.05, 0) is 99.6 Å². The summed E-state index contributed by atoms with van der Waals surface area (Å²) in [6.07, 6.45) is -0.823. The van der Waals surface area contributed by atoms with Crippen molar-refractivity contribution in [3.63, 3.8) is 0 Å². The van der Waals surface area contributed by atoms with Crippen molar-refractivity contribution in [2.24, 2.45) is 11.8 Å². The number of nitrogens with zero attached hydrogens (tertiary/aromatic N) is 4. The molecule has 4 aliphatic rings. The van der Waals surface area contributed by atoms with Gasteiger partial charge in [0.05, 0.1) is 61.0 Å². The predicted molar refractivity (Wildman–Crippen MR) is 284 cm³/mol. The maximum absolute atomic E-state index is 16.1. The van der Waals surface area contributed by atoms with Gasteiger partial charge in [0.15, 0.2) is 5.60 Å². The fourth-order valence-electron chi connectivity index (χ4n) is 12.6. The summed E-state index contributed by atoms with van der Waals surface area (Å²) in [4.78, 5) is 66.3. The van der Waals surface area contributed by atoms with Crippen molar-refractivity contribution in [1.29, 1.82) is 0 Å². The smallest absolute Gasteiger partial charge is 0.264 e. The van der Waals surface area contributed by atoms with Crippen LogP contribution in [0.4, 0.5) is 28.4 Å². The highest BCUT2D eigenvalue weighted by Gasteiger charge is 2.66. The number of amides is 4. The Hall–Kier alpha value is -8.12. The number of methoxy groups -OCH3 is 1. The second kappa shape index (κ2) is 17.6. The summed E-state index contributed by atoms with van der Waals surface area (Å²) < 4.78 is 13.1. The van der Waals surface area contributed by atoms with Gasteiger partial charge < -0.3 is 24.4 Å². The maximum atomic E-state index is 16.1. The van der Waals surface area contributed by atoms with Crippen LogP contribution in [0, 0.1) is 11.8 Å². The Balaban J connectivity index is 0.962. The number of carbonyl (C=O) groups is 4. The highest BCUT2D eigenvalue weighted by atomic mass is 16.5. The fraction of sp³-hybridized carbons (Fsp3) is 0.226. The zero-order valence-electron chi connectivity index (χ0n) is 41.1. The number of anilines is 5. The zero-order valence-corrected chi connectivity index (χ0v) is 41.1. The summed E-state index contributed by atoms with van der Waals surface area (Å²) in [5.41, 5.74) is 5.90. The van der Waals surface area contributed by atoms with E-state index >= 15 is 4.79 Å². The molecule has 0 saturated carbocycles. The van der Waals surface area contributed by atoms with Crippen LogP contribution in [0.3, 0.4) is 0 Å². The van der Waals surface area contributed by atoms with E-state index in [1.165, 1.54) is 0 Å². The van der Waals surface area contributed by atoms with Crippen LogP contribution in [0.2, 0.25) is 0 Å². The lowest BCUT2D eigenvalue weighted by Gasteiger charge is -2.39. The SMILES string of the molecule is COc1ccc(C(C)(C)[C@H]2[C@H](CC(=O)N(CCO)Cc3ccccc3)O[C@@]3(C(=O)N(Cc4ccc(N5C(=O)c6cccc7cccc5c67)cc4)c4ccc(N5C(=O)c6cccc7cccc5c67)cc43)[C@@H]2C)cc1. The fourth-order valence-corrected chi connectivity index (χ4v) is 12.6. The van der Waals surface area contributed by atoms with E-state index < -0.39 is 29.0 Å². The quantitative estimate of drug-likeness (QED) is 0.122. The van der Waals surface area contributed by atoms with Crippen molar-refractivity contribution in [3.8, 4) is 5.75 Å². The Morgan fingerprint density at radius 2 is 1.27 bits per heavy atom. The molecule has 1 fully saturated rings. The molecule has 4 aliphatic heterocycles. The topological polar surface area (TPSA) is 120 Å². The van der Waals surface area contributed by atoms with E-state index in [-0.39, 0.29) is 49.7 Å². The van der Waals surface area contributed by atoms with Crippen molar-refractivity contribution < 1.29 is 33.8 Å². The highest BCUT2D eigenvalue weighted by Crippen LogP contribution is 2.61. The van der Waals surface area contributed by atoms with E-state index in [4.69, 9.17) is 9.47 Å². The second-order valence-electron chi connectivity index (χ2n) is 20.3. The average Bonchev–Trinajstić information content (AvgIpc) is 4.06. The summed E-state index contributed by atoms with van der Waals surface area (Å²) >= 11 is 0. The number of ether oxygens (including phenoxy) is 2. The van der Waals surface area contributed by atoms with E-state index in [1.54, 1.807) is 26.7 Å². The highest BCUT2D eigenvalue weighted by molar-refractivity contribution is 6.29. The molecule has 8 aromatic rings. The molecule has 11 heteroatoms. The minimum atomic E-state index is -1.60. The summed E-state index contributed by atoms with van der Waals surface area (Å²) in [6.45, 7) is 6.73. The molecule has 4 heterocycles. The number of fused-ring (bicyclic) bond motifs is 2. The van der Waals surface area contributed by atoms with E-state index in [0.29, 0.717) is 46.0 Å².